The summed E-state index contributed by atoms with van der Waals surface area (Å²) in [6.45, 7) is 4.89. The molecule has 1 atom stereocenters. The van der Waals surface area contributed by atoms with E-state index in [-0.39, 0.29) is 11.9 Å². The zero-order valence-corrected chi connectivity index (χ0v) is 20.6. The van der Waals surface area contributed by atoms with Crippen molar-refractivity contribution in [3.8, 4) is 22.6 Å². The summed E-state index contributed by atoms with van der Waals surface area (Å²) in [7, 11) is 0. The third kappa shape index (κ3) is 4.66. The molecule has 1 amide bonds. The molecule has 178 valence electrons. The fourth-order valence-corrected chi connectivity index (χ4v) is 5.24. The number of aryl methyl sites for hydroxylation is 2. The number of fused-ring (bicyclic) bond motifs is 1. The van der Waals surface area contributed by atoms with E-state index in [1.54, 1.807) is 0 Å². The molecule has 5 rings (SSSR count). The predicted octanol–water partition coefficient (Wildman–Crippen LogP) is 7.00. The molecule has 4 aromatic rings. The van der Waals surface area contributed by atoms with Gasteiger partial charge in [0.2, 0.25) is 0 Å². The van der Waals surface area contributed by atoms with Crippen LogP contribution in [0.4, 0.5) is 0 Å². The van der Waals surface area contributed by atoms with Gasteiger partial charge in [0, 0.05) is 17.7 Å². The predicted molar refractivity (Wildman–Crippen MR) is 142 cm³/mol. The molecule has 0 spiro atoms. The van der Waals surface area contributed by atoms with Crippen molar-refractivity contribution in [2.75, 3.05) is 0 Å². The summed E-state index contributed by atoms with van der Waals surface area (Å²) < 4.78 is 2.07. The van der Waals surface area contributed by atoms with Gasteiger partial charge in [-0.1, -0.05) is 86.1 Å². The van der Waals surface area contributed by atoms with Crippen LogP contribution in [-0.2, 0) is 19.4 Å². The first-order chi connectivity index (χ1) is 17.2. The van der Waals surface area contributed by atoms with Gasteiger partial charge >= 0.3 is 0 Å². The second kappa shape index (κ2) is 10.3. The molecule has 1 N–H and O–H groups in total. The van der Waals surface area contributed by atoms with Crippen LogP contribution >= 0.6 is 0 Å². The minimum atomic E-state index is -0.0554. The van der Waals surface area contributed by atoms with Crippen molar-refractivity contribution >= 4 is 5.91 Å². The van der Waals surface area contributed by atoms with E-state index < -0.39 is 0 Å². The molecule has 0 bridgehead atoms. The smallest absolute Gasteiger partial charge is 0.270 e. The molecule has 4 heteroatoms. The quantitative estimate of drug-likeness (QED) is 0.313. The number of hydrogen-bond acceptors (Lipinski definition) is 2. The number of nitrogens with one attached hydrogen (secondary N) is 1. The molecule has 1 aliphatic rings. The SMILES string of the molecule is CCc1cccc(-c2nc(-c3ccccc3)n(CC)c2C(=O)NC2CCCCc3ccccc32)c1. The fourth-order valence-electron chi connectivity index (χ4n) is 5.24. The van der Waals surface area contributed by atoms with E-state index in [1.807, 2.05) is 18.2 Å². The average molecular weight is 464 g/mol. The van der Waals surface area contributed by atoms with E-state index in [1.165, 1.54) is 16.7 Å². The molecule has 1 unspecified atom stereocenters. The molecule has 35 heavy (non-hydrogen) atoms. The lowest BCUT2D eigenvalue weighted by molar-refractivity contribution is 0.0926. The lowest BCUT2D eigenvalue weighted by Crippen LogP contribution is -2.31. The van der Waals surface area contributed by atoms with Crippen molar-refractivity contribution in [2.24, 2.45) is 0 Å². The highest BCUT2D eigenvalue weighted by atomic mass is 16.2. The van der Waals surface area contributed by atoms with Gasteiger partial charge < -0.3 is 9.88 Å². The molecule has 0 saturated heterocycles. The van der Waals surface area contributed by atoms with Crippen LogP contribution in [0.1, 0.15) is 66.3 Å². The molecule has 4 nitrogen and oxygen atoms in total. The third-order valence-corrected chi connectivity index (χ3v) is 7.06. The Kier molecular flexibility index (Phi) is 6.80. The summed E-state index contributed by atoms with van der Waals surface area (Å²) in [6, 6.07) is 27.1. The number of nitrogens with zero attached hydrogens (tertiary/aromatic N) is 2. The first-order valence-electron chi connectivity index (χ1n) is 12.8. The van der Waals surface area contributed by atoms with Crippen LogP contribution in [0, 0.1) is 0 Å². The van der Waals surface area contributed by atoms with Gasteiger partial charge in [-0.05, 0) is 55.4 Å². The number of amides is 1. The van der Waals surface area contributed by atoms with Gasteiger partial charge in [-0.2, -0.15) is 0 Å². The van der Waals surface area contributed by atoms with Gasteiger partial charge in [-0.25, -0.2) is 4.98 Å². The zero-order valence-electron chi connectivity index (χ0n) is 20.6. The van der Waals surface area contributed by atoms with Crippen molar-refractivity contribution < 1.29 is 4.79 Å². The summed E-state index contributed by atoms with van der Waals surface area (Å²) >= 11 is 0. The van der Waals surface area contributed by atoms with Crippen LogP contribution in [0.2, 0.25) is 0 Å². The monoisotopic (exact) mass is 463 g/mol. The van der Waals surface area contributed by atoms with Gasteiger partial charge in [-0.3, -0.25) is 4.79 Å². The maximum atomic E-state index is 14.0. The molecule has 1 heterocycles. The van der Waals surface area contributed by atoms with Crippen LogP contribution in [0.15, 0.2) is 78.9 Å². The second-order valence-corrected chi connectivity index (χ2v) is 9.27. The lowest BCUT2D eigenvalue weighted by atomic mass is 9.98. The van der Waals surface area contributed by atoms with E-state index in [0.29, 0.717) is 12.2 Å². The summed E-state index contributed by atoms with van der Waals surface area (Å²) in [4.78, 5) is 19.1. The van der Waals surface area contributed by atoms with Gasteiger partial charge in [0.1, 0.15) is 17.2 Å². The van der Waals surface area contributed by atoms with Gasteiger partial charge in [-0.15, -0.1) is 0 Å². The first kappa shape index (κ1) is 23.1. The number of carbonyl (C=O) groups is 1. The Hall–Kier alpha value is -3.66. The molecule has 0 fully saturated rings. The van der Waals surface area contributed by atoms with E-state index >= 15 is 0 Å². The topological polar surface area (TPSA) is 46.9 Å². The first-order valence-corrected chi connectivity index (χ1v) is 12.8. The second-order valence-electron chi connectivity index (χ2n) is 9.27. The maximum absolute atomic E-state index is 14.0. The van der Waals surface area contributed by atoms with Crippen LogP contribution in [-0.4, -0.2) is 15.5 Å². The normalized spacial score (nSPS) is 15.3. The summed E-state index contributed by atoms with van der Waals surface area (Å²) in [5.41, 5.74) is 7.22. The highest BCUT2D eigenvalue weighted by molar-refractivity contribution is 6.00. The van der Waals surface area contributed by atoms with Gasteiger partial charge in [0.05, 0.1) is 6.04 Å². The minimum Gasteiger partial charge on any atom is -0.344 e. The van der Waals surface area contributed by atoms with E-state index in [2.05, 4.69) is 84.4 Å². The van der Waals surface area contributed by atoms with Crippen molar-refractivity contribution in [1.29, 1.82) is 0 Å². The lowest BCUT2D eigenvalue weighted by Gasteiger charge is -2.20. The Morgan fingerprint density at radius 2 is 1.71 bits per heavy atom. The average Bonchev–Trinajstić information content (AvgIpc) is 3.19. The largest absolute Gasteiger partial charge is 0.344 e. The Labute approximate surface area is 208 Å². The number of benzene rings is 3. The van der Waals surface area contributed by atoms with Gasteiger partial charge in [0.15, 0.2) is 0 Å². The zero-order chi connectivity index (χ0) is 24.2. The fraction of sp³-hybridized carbons (Fsp3) is 0.290. The molecule has 0 saturated carbocycles. The Balaban J connectivity index is 1.61. The number of aromatic nitrogens is 2. The maximum Gasteiger partial charge on any atom is 0.270 e. The molecule has 3 aromatic carbocycles. The molecule has 0 radical (unpaired) electrons. The summed E-state index contributed by atoms with van der Waals surface area (Å²) in [5, 5.41) is 3.41. The Morgan fingerprint density at radius 3 is 2.51 bits per heavy atom. The van der Waals surface area contributed by atoms with E-state index in [0.717, 1.165) is 54.7 Å². The minimum absolute atomic E-state index is 0.0106. The molecule has 1 aliphatic carbocycles. The Morgan fingerprint density at radius 1 is 0.943 bits per heavy atom. The standard InChI is InChI=1S/C31H33N3O/c1-3-22-13-12-18-25(21-22)28-29(34(4-2)30(33-28)24-16-6-5-7-17-24)31(35)32-27-20-11-9-15-23-14-8-10-19-26(23)27/h5-8,10,12-14,16-19,21,27H,3-4,9,11,15,20H2,1-2H3,(H,32,35). The number of rotatable bonds is 6. The molecule has 0 aliphatic heterocycles. The molecular weight excluding hydrogens is 430 g/mol. The molecular formula is C31H33N3O. The highest BCUT2D eigenvalue weighted by Gasteiger charge is 2.27. The summed E-state index contributed by atoms with van der Waals surface area (Å²) in [6.07, 6.45) is 5.23. The van der Waals surface area contributed by atoms with Gasteiger partial charge in [0.25, 0.3) is 5.91 Å². The molecule has 1 aromatic heterocycles. The van der Waals surface area contributed by atoms with E-state index in [9.17, 15) is 4.79 Å². The van der Waals surface area contributed by atoms with Crippen LogP contribution in [0.5, 0.6) is 0 Å². The summed E-state index contributed by atoms with van der Waals surface area (Å²) in [5.74, 6) is 0.775. The van der Waals surface area contributed by atoms with Crippen molar-refractivity contribution in [3.63, 3.8) is 0 Å². The number of carbonyl (C=O) groups excluding carboxylic acids is 1. The van der Waals surface area contributed by atoms with Crippen LogP contribution in [0.25, 0.3) is 22.6 Å². The number of imidazole rings is 1. The van der Waals surface area contributed by atoms with Crippen LogP contribution < -0.4 is 5.32 Å². The Bertz CT molecular complexity index is 1320. The van der Waals surface area contributed by atoms with Crippen molar-refractivity contribution in [1.82, 2.24) is 14.9 Å². The highest BCUT2D eigenvalue weighted by Crippen LogP contribution is 2.33. The third-order valence-electron chi connectivity index (χ3n) is 7.06. The van der Waals surface area contributed by atoms with Crippen molar-refractivity contribution in [2.45, 2.75) is 58.5 Å². The van der Waals surface area contributed by atoms with E-state index in [4.69, 9.17) is 4.98 Å². The van der Waals surface area contributed by atoms with Crippen molar-refractivity contribution in [3.05, 3.63) is 101 Å². The number of hydrogen-bond donors (Lipinski definition) is 1. The van der Waals surface area contributed by atoms with Crippen LogP contribution in [0.3, 0.4) is 0 Å².